The Morgan fingerprint density at radius 2 is 1.95 bits per heavy atom. The van der Waals surface area contributed by atoms with Gasteiger partial charge in [-0.1, -0.05) is 42.5 Å². The summed E-state index contributed by atoms with van der Waals surface area (Å²) >= 11 is 0. The Hall–Kier alpha value is -3.06. The summed E-state index contributed by atoms with van der Waals surface area (Å²) in [7, 11) is 1.59. The first-order valence-electron chi connectivity index (χ1n) is 6.70. The molecule has 0 aliphatic rings. The zero-order valence-electron chi connectivity index (χ0n) is 12.2. The van der Waals surface area contributed by atoms with Crippen LogP contribution in [0.25, 0.3) is 11.6 Å². The van der Waals surface area contributed by atoms with Crippen LogP contribution in [0.3, 0.4) is 0 Å². The Morgan fingerprint density at radius 3 is 2.64 bits per heavy atom. The van der Waals surface area contributed by atoms with Crippen molar-refractivity contribution in [2.24, 2.45) is 0 Å². The number of carbonyl (C=O) groups excluding carboxylic acids is 1. The highest BCUT2D eigenvalue weighted by Crippen LogP contribution is 2.22. The van der Waals surface area contributed by atoms with E-state index in [1.807, 2.05) is 54.6 Å². The van der Waals surface area contributed by atoms with Gasteiger partial charge < -0.3 is 9.47 Å². The monoisotopic (exact) mass is 293 g/mol. The number of rotatable bonds is 5. The molecule has 0 heterocycles. The second kappa shape index (κ2) is 7.65. The van der Waals surface area contributed by atoms with Crippen LogP contribution in [0.4, 0.5) is 0 Å². The number of esters is 1. The van der Waals surface area contributed by atoms with Gasteiger partial charge in [-0.2, -0.15) is 5.26 Å². The molecule has 4 nitrogen and oxygen atoms in total. The maximum Gasteiger partial charge on any atom is 0.339 e. The highest BCUT2D eigenvalue weighted by atomic mass is 16.5. The zero-order valence-corrected chi connectivity index (χ0v) is 12.2. The van der Waals surface area contributed by atoms with Crippen molar-refractivity contribution in [3.8, 4) is 11.8 Å². The van der Waals surface area contributed by atoms with Gasteiger partial charge in [0.2, 0.25) is 0 Å². The minimum atomic E-state index is -0.532. The molecule has 4 heteroatoms. The van der Waals surface area contributed by atoms with Crippen molar-refractivity contribution in [1.82, 2.24) is 0 Å². The van der Waals surface area contributed by atoms with E-state index in [0.717, 1.165) is 11.1 Å². The number of carbonyl (C=O) groups is 1. The molecular weight excluding hydrogens is 278 g/mol. The van der Waals surface area contributed by atoms with E-state index in [0.29, 0.717) is 11.3 Å². The van der Waals surface area contributed by atoms with Crippen LogP contribution in [-0.4, -0.2) is 19.7 Å². The van der Waals surface area contributed by atoms with Crippen molar-refractivity contribution in [1.29, 1.82) is 5.26 Å². The van der Waals surface area contributed by atoms with E-state index in [-0.39, 0.29) is 6.61 Å². The third-order valence-corrected chi connectivity index (χ3v) is 2.98. The Balaban J connectivity index is 2.41. The molecule has 0 atom stereocenters. The average Bonchev–Trinajstić information content (AvgIpc) is 2.58. The van der Waals surface area contributed by atoms with Crippen LogP contribution in [0.15, 0.2) is 54.6 Å². The summed E-state index contributed by atoms with van der Waals surface area (Å²) in [4.78, 5) is 12.2. The topological polar surface area (TPSA) is 59.3 Å². The summed E-state index contributed by atoms with van der Waals surface area (Å²) in [5.74, 6) is 0.169. The lowest BCUT2D eigenvalue weighted by atomic mass is 10.0. The molecule has 0 bridgehead atoms. The number of hydrogen-bond acceptors (Lipinski definition) is 4. The molecule has 0 aliphatic heterocycles. The minimum absolute atomic E-state index is 0.277. The Bertz CT molecular complexity index is 715. The van der Waals surface area contributed by atoms with Gasteiger partial charge in [0.05, 0.1) is 12.7 Å². The standard InChI is InChI=1S/C18H15NO3/c1-21-16-9-5-6-14(12-16)13-17(18(20)22-11-10-19)15-7-3-2-4-8-15/h2-9,12-13H,11H2,1H3. The second-order valence-corrected chi connectivity index (χ2v) is 4.43. The molecule has 2 rings (SSSR count). The van der Waals surface area contributed by atoms with Crippen LogP contribution >= 0.6 is 0 Å². The number of nitrogens with zero attached hydrogens (tertiary/aromatic N) is 1. The molecule has 2 aromatic rings. The van der Waals surface area contributed by atoms with Crippen LogP contribution in [0, 0.1) is 11.3 Å². The van der Waals surface area contributed by atoms with E-state index in [9.17, 15) is 4.79 Å². The molecule has 0 amide bonds. The van der Waals surface area contributed by atoms with Gasteiger partial charge in [-0.3, -0.25) is 0 Å². The third kappa shape index (κ3) is 3.97. The maximum atomic E-state index is 12.2. The van der Waals surface area contributed by atoms with Gasteiger partial charge in [0.1, 0.15) is 11.8 Å². The first-order chi connectivity index (χ1) is 10.7. The van der Waals surface area contributed by atoms with Crippen LogP contribution in [-0.2, 0) is 9.53 Å². The molecule has 0 saturated heterocycles. The normalized spacial score (nSPS) is 10.6. The molecule has 22 heavy (non-hydrogen) atoms. The van der Waals surface area contributed by atoms with E-state index in [4.69, 9.17) is 14.7 Å². The summed E-state index contributed by atoms with van der Waals surface area (Å²) in [6, 6.07) is 18.3. The minimum Gasteiger partial charge on any atom is -0.497 e. The molecule has 0 aliphatic carbocycles. The third-order valence-electron chi connectivity index (χ3n) is 2.98. The molecule has 0 unspecified atom stereocenters. The van der Waals surface area contributed by atoms with Gasteiger partial charge in [-0.15, -0.1) is 0 Å². The van der Waals surface area contributed by atoms with E-state index < -0.39 is 5.97 Å². The second-order valence-electron chi connectivity index (χ2n) is 4.43. The highest BCUT2D eigenvalue weighted by molar-refractivity contribution is 6.21. The molecule has 0 N–H and O–H groups in total. The van der Waals surface area contributed by atoms with E-state index in [2.05, 4.69) is 0 Å². The largest absolute Gasteiger partial charge is 0.497 e. The van der Waals surface area contributed by atoms with Crippen molar-refractivity contribution < 1.29 is 14.3 Å². The van der Waals surface area contributed by atoms with Crippen molar-refractivity contribution in [3.05, 3.63) is 65.7 Å². The van der Waals surface area contributed by atoms with Gasteiger partial charge in [-0.25, -0.2) is 4.79 Å². The zero-order chi connectivity index (χ0) is 15.8. The summed E-state index contributed by atoms with van der Waals surface area (Å²) in [5.41, 5.74) is 1.93. The van der Waals surface area contributed by atoms with Gasteiger partial charge in [0.15, 0.2) is 6.61 Å². The molecule has 0 saturated carbocycles. The van der Waals surface area contributed by atoms with Gasteiger partial charge in [0.25, 0.3) is 0 Å². The molecule has 110 valence electrons. The lowest BCUT2D eigenvalue weighted by Gasteiger charge is -2.07. The Morgan fingerprint density at radius 1 is 1.18 bits per heavy atom. The molecule has 2 aromatic carbocycles. The van der Waals surface area contributed by atoms with Crippen LogP contribution < -0.4 is 4.74 Å². The first kappa shape index (κ1) is 15.3. The summed E-state index contributed by atoms with van der Waals surface area (Å²) < 4.78 is 10.1. The number of benzene rings is 2. The fourth-order valence-corrected chi connectivity index (χ4v) is 1.95. The number of nitriles is 1. The summed E-state index contributed by atoms with van der Waals surface area (Å²) in [5, 5.41) is 8.56. The first-order valence-corrected chi connectivity index (χ1v) is 6.70. The quantitative estimate of drug-likeness (QED) is 0.482. The van der Waals surface area contributed by atoms with E-state index >= 15 is 0 Å². The van der Waals surface area contributed by atoms with E-state index in [1.54, 1.807) is 19.3 Å². The maximum absolute atomic E-state index is 12.2. The predicted octanol–water partition coefficient (Wildman–Crippen LogP) is 3.30. The van der Waals surface area contributed by atoms with Crippen molar-refractivity contribution >= 4 is 17.6 Å². The molecular formula is C18H15NO3. The molecule has 0 fully saturated rings. The SMILES string of the molecule is COc1cccc(C=C(C(=O)OCC#N)c2ccccc2)c1. The van der Waals surface area contributed by atoms with Crippen molar-refractivity contribution in [3.63, 3.8) is 0 Å². The van der Waals surface area contributed by atoms with Crippen molar-refractivity contribution in [2.45, 2.75) is 0 Å². The Kier molecular flexibility index (Phi) is 5.33. The predicted molar refractivity (Wildman–Crippen MR) is 83.9 cm³/mol. The van der Waals surface area contributed by atoms with Gasteiger partial charge in [-0.05, 0) is 29.3 Å². The lowest BCUT2D eigenvalue weighted by molar-refractivity contribution is -0.135. The average molecular weight is 293 g/mol. The molecule has 0 radical (unpaired) electrons. The highest BCUT2D eigenvalue weighted by Gasteiger charge is 2.13. The fourth-order valence-electron chi connectivity index (χ4n) is 1.95. The lowest BCUT2D eigenvalue weighted by Crippen LogP contribution is -2.07. The number of ether oxygens (including phenoxy) is 2. The van der Waals surface area contributed by atoms with Crippen molar-refractivity contribution in [2.75, 3.05) is 13.7 Å². The van der Waals surface area contributed by atoms with Gasteiger partial charge in [0, 0.05) is 0 Å². The fraction of sp³-hybridized carbons (Fsp3) is 0.111. The summed E-state index contributed by atoms with van der Waals surface area (Å²) in [6.07, 6.45) is 1.72. The van der Waals surface area contributed by atoms with E-state index in [1.165, 1.54) is 0 Å². The van der Waals surface area contributed by atoms with Gasteiger partial charge >= 0.3 is 5.97 Å². The number of methoxy groups -OCH3 is 1. The van der Waals surface area contributed by atoms with Crippen LogP contribution in [0.5, 0.6) is 5.75 Å². The molecule has 0 spiro atoms. The van der Waals surface area contributed by atoms with Crippen LogP contribution in [0.2, 0.25) is 0 Å². The molecule has 0 aromatic heterocycles. The van der Waals surface area contributed by atoms with Crippen LogP contribution in [0.1, 0.15) is 11.1 Å². The summed E-state index contributed by atoms with van der Waals surface area (Å²) in [6.45, 7) is -0.277. The number of hydrogen-bond donors (Lipinski definition) is 0. The smallest absolute Gasteiger partial charge is 0.339 e. The Labute approximate surface area is 129 Å².